The molecule has 1 aromatic rings. The van der Waals surface area contributed by atoms with Crippen LogP contribution in [0.4, 0.5) is 0 Å². The van der Waals surface area contributed by atoms with E-state index in [-0.39, 0.29) is 6.10 Å². The van der Waals surface area contributed by atoms with Gasteiger partial charge in [0.1, 0.15) is 0 Å². The zero-order chi connectivity index (χ0) is 15.6. The summed E-state index contributed by atoms with van der Waals surface area (Å²) in [7, 11) is 0. The van der Waals surface area contributed by atoms with Crippen molar-refractivity contribution in [2.75, 3.05) is 19.6 Å². The lowest BCUT2D eigenvalue weighted by Crippen LogP contribution is -2.57. The van der Waals surface area contributed by atoms with Crippen LogP contribution in [0.25, 0.3) is 0 Å². The zero-order valence-corrected chi connectivity index (χ0v) is 14.0. The van der Waals surface area contributed by atoms with Crippen molar-refractivity contribution in [3.63, 3.8) is 0 Å². The average Bonchev–Trinajstić information content (AvgIpc) is 2.62. The highest BCUT2D eigenvalue weighted by atomic mass is 16.3. The molecule has 0 radical (unpaired) electrons. The summed E-state index contributed by atoms with van der Waals surface area (Å²) >= 11 is 0. The molecule has 0 unspecified atom stereocenters. The van der Waals surface area contributed by atoms with Crippen LogP contribution in [0.3, 0.4) is 0 Å². The first kappa shape index (κ1) is 15.6. The van der Waals surface area contributed by atoms with Gasteiger partial charge in [0, 0.05) is 12.1 Å². The summed E-state index contributed by atoms with van der Waals surface area (Å²) in [6, 6.07) is 12.0. The molecule has 1 aliphatic carbocycles. The lowest BCUT2D eigenvalue weighted by Gasteiger charge is -2.48. The third-order valence-corrected chi connectivity index (χ3v) is 6.48. The molecule has 23 heavy (non-hydrogen) atoms. The van der Waals surface area contributed by atoms with E-state index in [9.17, 15) is 5.11 Å². The van der Waals surface area contributed by atoms with Crippen molar-refractivity contribution in [2.45, 2.75) is 62.6 Å². The number of nitrogens with one attached hydrogen (secondary N) is 1. The molecule has 2 N–H and O–H groups in total. The van der Waals surface area contributed by atoms with Crippen LogP contribution in [-0.2, 0) is 0 Å². The van der Waals surface area contributed by atoms with E-state index in [1.54, 1.807) is 0 Å². The van der Waals surface area contributed by atoms with Gasteiger partial charge in [0.15, 0.2) is 0 Å². The van der Waals surface area contributed by atoms with Crippen LogP contribution in [0.5, 0.6) is 0 Å². The van der Waals surface area contributed by atoms with E-state index in [0.717, 1.165) is 25.9 Å². The van der Waals surface area contributed by atoms with Gasteiger partial charge in [0.05, 0.1) is 6.10 Å². The number of likely N-dealkylation sites (tertiary alicyclic amines) is 1. The predicted octanol–water partition coefficient (Wildman–Crippen LogP) is 2.76. The van der Waals surface area contributed by atoms with Crippen LogP contribution in [0.1, 0.15) is 50.0 Å². The molecule has 0 amide bonds. The number of hydrogen-bond acceptors (Lipinski definition) is 3. The fraction of sp³-hybridized carbons (Fsp3) is 0.700. The Kier molecular flexibility index (Phi) is 4.70. The predicted molar refractivity (Wildman–Crippen MR) is 93.5 cm³/mol. The molecule has 2 heterocycles. The van der Waals surface area contributed by atoms with Crippen LogP contribution in [-0.4, -0.2) is 47.8 Å². The molecule has 126 valence electrons. The second kappa shape index (κ2) is 6.92. The summed E-state index contributed by atoms with van der Waals surface area (Å²) in [4.78, 5) is 2.58. The highest BCUT2D eigenvalue weighted by Gasteiger charge is 2.40. The van der Waals surface area contributed by atoms with Crippen molar-refractivity contribution in [3.8, 4) is 0 Å². The van der Waals surface area contributed by atoms with Crippen LogP contribution in [0.15, 0.2) is 30.3 Å². The average molecular weight is 314 g/mol. The Morgan fingerprint density at radius 2 is 1.78 bits per heavy atom. The van der Waals surface area contributed by atoms with E-state index in [0.29, 0.717) is 23.9 Å². The Labute approximate surface area is 140 Å². The second-order valence-electron chi connectivity index (χ2n) is 7.79. The first-order valence-corrected chi connectivity index (χ1v) is 9.51. The molecule has 0 bridgehead atoms. The van der Waals surface area contributed by atoms with Gasteiger partial charge in [-0.2, -0.15) is 0 Å². The minimum Gasteiger partial charge on any atom is -0.391 e. The lowest BCUT2D eigenvalue weighted by atomic mass is 9.75. The smallest absolute Gasteiger partial charge is 0.0699 e. The van der Waals surface area contributed by atoms with Gasteiger partial charge in [-0.15, -0.1) is 0 Å². The van der Waals surface area contributed by atoms with Gasteiger partial charge in [-0.1, -0.05) is 30.3 Å². The summed E-state index contributed by atoms with van der Waals surface area (Å²) < 4.78 is 0. The number of fused-ring (bicyclic) bond motifs is 1. The van der Waals surface area contributed by atoms with Gasteiger partial charge in [0.2, 0.25) is 0 Å². The SMILES string of the molecule is O[C@H]1C[C@@H]2CCCN[C@H]2C[C@@H]1N1CCC(c2ccccc2)CC1. The van der Waals surface area contributed by atoms with E-state index >= 15 is 0 Å². The first-order valence-electron chi connectivity index (χ1n) is 9.51. The van der Waals surface area contributed by atoms with Crippen LogP contribution < -0.4 is 5.32 Å². The van der Waals surface area contributed by atoms with Crippen LogP contribution >= 0.6 is 0 Å². The number of rotatable bonds is 2. The number of benzene rings is 1. The molecular weight excluding hydrogens is 284 g/mol. The van der Waals surface area contributed by atoms with Crippen molar-refractivity contribution < 1.29 is 5.11 Å². The highest BCUT2D eigenvalue weighted by molar-refractivity contribution is 5.20. The van der Waals surface area contributed by atoms with Gasteiger partial charge in [-0.25, -0.2) is 0 Å². The third kappa shape index (κ3) is 3.33. The summed E-state index contributed by atoms with van der Waals surface area (Å²) in [5.41, 5.74) is 1.49. The molecule has 1 saturated carbocycles. The summed E-state index contributed by atoms with van der Waals surface area (Å²) in [5, 5.41) is 14.4. The van der Waals surface area contributed by atoms with Gasteiger partial charge in [-0.05, 0) is 75.6 Å². The van der Waals surface area contributed by atoms with Gasteiger partial charge in [-0.3, -0.25) is 4.90 Å². The van der Waals surface area contributed by atoms with Crippen molar-refractivity contribution in [1.29, 1.82) is 0 Å². The van der Waals surface area contributed by atoms with Crippen molar-refractivity contribution in [3.05, 3.63) is 35.9 Å². The Balaban J connectivity index is 1.36. The summed E-state index contributed by atoms with van der Waals surface area (Å²) in [5.74, 6) is 1.41. The van der Waals surface area contributed by atoms with Crippen molar-refractivity contribution in [2.24, 2.45) is 5.92 Å². The molecule has 1 aromatic carbocycles. The third-order valence-electron chi connectivity index (χ3n) is 6.48. The monoisotopic (exact) mass is 314 g/mol. The van der Waals surface area contributed by atoms with E-state index in [4.69, 9.17) is 0 Å². The maximum atomic E-state index is 10.7. The van der Waals surface area contributed by atoms with Crippen LogP contribution in [0.2, 0.25) is 0 Å². The number of aliphatic hydroxyl groups excluding tert-OH is 1. The molecular formula is C20H30N2O. The number of nitrogens with zero attached hydrogens (tertiary/aromatic N) is 1. The van der Waals surface area contributed by atoms with Crippen LogP contribution in [0, 0.1) is 5.92 Å². The molecule has 2 saturated heterocycles. The second-order valence-corrected chi connectivity index (χ2v) is 7.79. The van der Waals surface area contributed by atoms with E-state index in [1.807, 2.05) is 0 Å². The van der Waals surface area contributed by atoms with Gasteiger partial charge < -0.3 is 10.4 Å². The Hall–Kier alpha value is -0.900. The molecule has 0 aromatic heterocycles. The first-order chi connectivity index (χ1) is 11.3. The number of piperidine rings is 2. The maximum Gasteiger partial charge on any atom is 0.0699 e. The van der Waals surface area contributed by atoms with E-state index in [1.165, 1.54) is 37.8 Å². The van der Waals surface area contributed by atoms with Crippen molar-refractivity contribution in [1.82, 2.24) is 10.2 Å². The normalized spacial score (nSPS) is 36.6. The van der Waals surface area contributed by atoms with E-state index < -0.39 is 0 Å². The fourth-order valence-electron chi connectivity index (χ4n) is 5.14. The molecule has 3 heteroatoms. The summed E-state index contributed by atoms with van der Waals surface area (Å²) in [6.07, 6.45) is 7.06. The minimum atomic E-state index is -0.121. The Morgan fingerprint density at radius 3 is 2.57 bits per heavy atom. The van der Waals surface area contributed by atoms with Gasteiger partial charge in [0.25, 0.3) is 0 Å². The molecule has 2 aliphatic heterocycles. The van der Waals surface area contributed by atoms with E-state index in [2.05, 4.69) is 40.5 Å². The molecule has 3 nitrogen and oxygen atoms in total. The topological polar surface area (TPSA) is 35.5 Å². The van der Waals surface area contributed by atoms with Gasteiger partial charge >= 0.3 is 0 Å². The number of hydrogen-bond donors (Lipinski definition) is 2. The Morgan fingerprint density at radius 1 is 1.00 bits per heavy atom. The lowest BCUT2D eigenvalue weighted by molar-refractivity contribution is -0.0258. The zero-order valence-electron chi connectivity index (χ0n) is 14.0. The number of aliphatic hydroxyl groups is 1. The standard InChI is InChI=1S/C20H30N2O/c23-20-13-17-7-4-10-21-18(17)14-19(20)22-11-8-16(9-12-22)15-5-2-1-3-6-15/h1-3,5-6,16-21,23H,4,7-14H2/t17-,18-,19-,20-/m0/s1. The molecule has 3 aliphatic rings. The Bertz CT molecular complexity index is 498. The molecule has 4 atom stereocenters. The quantitative estimate of drug-likeness (QED) is 0.881. The molecule has 0 spiro atoms. The molecule has 4 rings (SSSR count). The molecule has 3 fully saturated rings. The van der Waals surface area contributed by atoms with Crippen molar-refractivity contribution >= 4 is 0 Å². The maximum absolute atomic E-state index is 10.7. The fourth-order valence-corrected chi connectivity index (χ4v) is 5.14. The summed E-state index contributed by atoms with van der Waals surface area (Å²) in [6.45, 7) is 3.44. The highest BCUT2D eigenvalue weighted by Crippen LogP contribution is 2.36. The minimum absolute atomic E-state index is 0.121. The largest absolute Gasteiger partial charge is 0.391 e.